The second-order valence-electron chi connectivity index (χ2n) is 1.88. The Hall–Kier alpha value is -1.45. The second-order valence-corrected chi connectivity index (χ2v) is 1.88. The van der Waals surface area contributed by atoms with Gasteiger partial charge in [-0.3, -0.25) is 4.79 Å². The summed E-state index contributed by atoms with van der Waals surface area (Å²) in [6.07, 6.45) is 1.27. The quantitative estimate of drug-likeness (QED) is 0.564. The molecule has 1 aromatic rings. The van der Waals surface area contributed by atoms with E-state index in [1.54, 1.807) is 0 Å². The Labute approximate surface area is 58.1 Å². The Morgan fingerprint density at radius 3 is 2.70 bits per heavy atom. The monoisotopic (exact) mass is 137 g/mol. The van der Waals surface area contributed by atoms with Crippen LogP contribution in [0.4, 0.5) is 5.82 Å². The Bertz CT molecular complexity index is 259. The topological polar surface area (TPSA) is 68.9 Å². The molecule has 4 nitrogen and oxygen atoms in total. The summed E-state index contributed by atoms with van der Waals surface area (Å²) < 4.78 is 0. The van der Waals surface area contributed by atoms with E-state index in [9.17, 15) is 4.79 Å². The molecule has 0 atom stereocenters. The largest absolute Gasteiger partial charge is 0.384 e. The van der Waals surface area contributed by atoms with Crippen molar-refractivity contribution in [1.29, 1.82) is 0 Å². The van der Waals surface area contributed by atoms with Crippen molar-refractivity contribution in [2.24, 2.45) is 0 Å². The molecule has 0 spiro atoms. The van der Waals surface area contributed by atoms with Gasteiger partial charge in [-0.05, 0) is 0 Å². The second kappa shape index (κ2) is 2.43. The third-order valence-corrected chi connectivity index (χ3v) is 1.05. The lowest BCUT2D eigenvalue weighted by Crippen LogP contribution is -1.99. The highest BCUT2D eigenvalue weighted by Gasteiger charge is 1.99. The van der Waals surface area contributed by atoms with E-state index < -0.39 is 0 Å². The number of nitrogens with two attached hydrogens (primary N) is 1. The van der Waals surface area contributed by atoms with E-state index in [2.05, 4.69) is 9.97 Å². The molecule has 0 radical (unpaired) electrons. The number of rotatable bonds is 1. The molecule has 52 valence electrons. The van der Waals surface area contributed by atoms with Crippen LogP contribution in [0.15, 0.2) is 12.4 Å². The molecule has 4 heteroatoms. The summed E-state index contributed by atoms with van der Waals surface area (Å²) in [6.45, 7) is 1.43. The highest BCUT2D eigenvalue weighted by molar-refractivity contribution is 5.92. The van der Waals surface area contributed by atoms with Gasteiger partial charge in [0.15, 0.2) is 5.78 Å². The predicted octanol–water partition coefficient (Wildman–Crippen LogP) is 0.261. The van der Waals surface area contributed by atoms with Crippen LogP contribution in [-0.4, -0.2) is 15.8 Å². The molecule has 0 aliphatic heterocycles. The van der Waals surface area contributed by atoms with Crippen molar-refractivity contribution >= 4 is 11.6 Å². The molecule has 1 heterocycles. The molecule has 0 bridgehead atoms. The summed E-state index contributed by atoms with van der Waals surface area (Å²) >= 11 is 0. The first-order valence-corrected chi connectivity index (χ1v) is 2.78. The highest BCUT2D eigenvalue weighted by Crippen LogP contribution is 1.98. The van der Waals surface area contributed by atoms with Crippen molar-refractivity contribution in [2.45, 2.75) is 6.92 Å². The number of carbonyl (C=O) groups excluding carboxylic acids is 1. The van der Waals surface area contributed by atoms with Crippen molar-refractivity contribution in [3.8, 4) is 0 Å². The lowest BCUT2D eigenvalue weighted by atomic mass is 10.3. The molecular weight excluding hydrogens is 130 g/mol. The number of hydrogen-bond donors (Lipinski definition) is 1. The molecule has 0 aromatic carbocycles. The minimum Gasteiger partial charge on any atom is -0.384 e. The van der Waals surface area contributed by atoms with Gasteiger partial charge in [0.05, 0.1) is 0 Å². The Kier molecular flexibility index (Phi) is 1.62. The summed E-state index contributed by atoms with van der Waals surface area (Å²) in [6, 6.07) is 1.45. The van der Waals surface area contributed by atoms with Crippen LogP contribution in [0.1, 0.15) is 17.4 Å². The third kappa shape index (κ3) is 1.28. The summed E-state index contributed by atoms with van der Waals surface area (Å²) in [4.78, 5) is 18.0. The van der Waals surface area contributed by atoms with Crippen LogP contribution in [0, 0.1) is 0 Å². The molecule has 1 aromatic heterocycles. The van der Waals surface area contributed by atoms with Crippen LogP contribution in [0.3, 0.4) is 0 Å². The zero-order valence-corrected chi connectivity index (χ0v) is 5.53. The number of hydrogen-bond acceptors (Lipinski definition) is 4. The molecule has 0 aliphatic rings. The SMILES string of the molecule is CC(=O)c1cc(N)ncn1. The maximum Gasteiger partial charge on any atom is 0.178 e. The van der Waals surface area contributed by atoms with E-state index in [1.165, 1.54) is 19.3 Å². The van der Waals surface area contributed by atoms with Gasteiger partial charge in [-0.1, -0.05) is 0 Å². The first kappa shape index (κ1) is 6.67. The minimum absolute atomic E-state index is 0.103. The summed E-state index contributed by atoms with van der Waals surface area (Å²) in [5, 5.41) is 0. The molecule has 1 rings (SSSR count). The van der Waals surface area contributed by atoms with Crippen LogP contribution in [0.2, 0.25) is 0 Å². The fourth-order valence-electron chi connectivity index (χ4n) is 0.565. The number of nitrogens with zero attached hydrogens (tertiary/aromatic N) is 2. The molecular formula is C6H7N3O. The van der Waals surface area contributed by atoms with Crippen LogP contribution in [0.25, 0.3) is 0 Å². The fraction of sp³-hybridized carbons (Fsp3) is 0.167. The molecule has 10 heavy (non-hydrogen) atoms. The van der Waals surface area contributed by atoms with Crippen molar-refractivity contribution in [1.82, 2.24) is 9.97 Å². The standard InChI is InChI=1S/C6H7N3O/c1-4(10)5-2-6(7)9-3-8-5/h2-3H,1H3,(H2,7,8,9). The van der Waals surface area contributed by atoms with Crippen molar-refractivity contribution in [3.63, 3.8) is 0 Å². The van der Waals surface area contributed by atoms with Gasteiger partial charge in [0.2, 0.25) is 0 Å². The van der Waals surface area contributed by atoms with Crippen molar-refractivity contribution < 1.29 is 4.79 Å². The van der Waals surface area contributed by atoms with Crippen molar-refractivity contribution in [3.05, 3.63) is 18.1 Å². The average Bonchev–Trinajstić information content (AvgIpc) is 1.88. The number of ketones is 1. The van der Waals surface area contributed by atoms with Gasteiger partial charge in [-0.15, -0.1) is 0 Å². The van der Waals surface area contributed by atoms with Crippen LogP contribution in [-0.2, 0) is 0 Å². The van der Waals surface area contributed by atoms with Crippen LogP contribution in [0.5, 0.6) is 0 Å². The van der Waals surface area contributed by atoms with Gasteiger partial charge in [-0.2, -0.15) is 0 Å². The number of nitrogen functional groups attached to an aromatic ring is 1. The average molecular weight is 137 g/mol. The van der Waals surface area contributed by atoms with E-state index in [0.29, 0.717) is 11.5 Å². The third-order valence-electron chi connectivity index (χ3n) is 1.05. The smallest absolute Gasteiger partial charge is 0.178 e. The Morgan fingerprint density at radius 1 is 1.60 bits per heavy atom. The molecule has 0 saturated heterocycles. The van der Waals surface area contributed by atoms with Gasteiger partial charge in [0.25, 0.3) is 0 Å². The predicted molar refractivity (Wildman–Crippen MR) is 36.4 cm³/mol. The zero-order valence-electron chi connectivity index (χ0n) is 5.53. The molecule has 2 N–H and O–H groups in total. The maximum absolute atomic E-state index is 10.7. The van der Waals surface area contributed by atoms with Gasteiger partial charge in [0, 0.05) is 13.0 Å². The first-order chi connectivity index (χ1) is 4.70. The van der Waals surface area contributed by atoms with Gasteiger partial charge in [-0.25, -0.2) is 9.97 Å². The number of anilines is 1. The molecule has 0 unspecified atom stereocenters. The van der Waals surface area contributed by atoms with E-state index in [0.717, 1.165) is 0 Å². The van der Waals surface area contributed by atoms with E-state index in [4.69, 9.17) is 5.73 Å². The number of aromatic nitrogens is 2. The maximum atomic E-state index is 10.7. The van der Waals surface area contributed by atoms with Crippen molar-refractivity contribution in [2.75, 3.05) is 5.73 Å². The molecule has 0 amide bonds. The normalized spacial score (nSPS) is 9.30. The summed E-state index contributed by atoms with van der Waals surface area (Å²) in [5.74, 6) is 0.217. The van der Waals surface area contributed by atoms with Crippen LogP contribution < -0.4 is 5.73 Å². The van der Waals surface area contributed by atoms with Gasteiger partial charge < -0.3 is 5.73 Å². The summed E-state index contributed by atoms with van der Waals surface area (Å²) in [7, 11) is 0. The van der Waals surface area contributed by atoms with Gasteiger partial charge >= 0.3 is 0 Å². The lowest BCUT2D eigenvalue weighted by molar-refractivity contribution is 0.101. The summed E-state index contributed by atoms with van der Waals surface area (Å²) in [5.41, 5.74) is 5.65. The lowest BCUT2D eigenvalue weighted by Gasteiger charge is -1.93. The molecule has 0 saturated carbocycles. The fourth-order valence-corrected chi connectivity index (χ4v) is 0.565. The Morgan fingerprint density at radius 2 is 2.30 bits per heavy atom. The van der Waals surface area contributed by atoms with Gasteiger partial charge in [0.1, 0.15) is 17.8 Å². The first-order valence-electron chi connectivity index (χ1n) is 2.78. The molecule has 0 fully saturated rings. The van der Waals surface area contributed by atoms with E-state index >= 15 is 0 Å². The minimum atomic E-state index is -0.103. The zero-order chi connectivity index (χ0) is 7.56. The Balaban J connectivity index is 3.07. The van der Waals surface area contributed by atoms with E-state index in [-0.39, 0.29) is 5.78 Å². The number of carbonyl (C=O) groups is 1. The number of Topliss-reactive ketones (excluding diaryl/α,β-unsaturated/α-hetero) is 1. The highest BCUT2D eigenvalue weighted by atomic mass is 16.1. The van der Waals surface area contributed by atoms with Crippen LogP contribution >= 0.6 is 0 Å². The van der Waals surface area contributed by atoms with E-state index in [1.807, 2.05) is 0 Å². The molecule has 0 aliphatic carbocycles.